The van der Waals surface area contributed by atoms with Crippen LogP contribution in [0, 0.1) is 5.82 Å². The first-order chi connectivity index (χ1) is 11.7. The van der Waals surface area contributed by atoms with Crippen molar-refractivity contribution in [2.75, 3.05) is 28.2 Å². The maximum absolute atomic E-state index is 13.1. The highest BCUT2D eigenvalue weighted by molar-refractivity contribution is 5.89. The summed E-state index contributed by atoms with van der Waals surface area (Å²) in [5.74, 6) is -1.25. The zero-order valence-corrected chi connectivity index (χ0v) is 14.4. The monoisotopic (exact) mass is 346 g/mol. The summed E-state index contributed by atoms with van der Waals surface area (Å²) in [6.07, 6.45) is 2.58. The van der Waals surface area contributed by atoms with Crippen molar-refractivity contribution in [3.63, 3.8) is 0 Å². The van der Waals surface area contributed by atoms with E-state index >= 15 is 0 Å². The summed E-state index contributed by atoms with van der Waals surface area (Å²) < 4.78 is 14.4. The second kappa shape index (κ2) is 7.16. The Bertz CT molecular complexity index is 860. The molecule has 0 atom stereocenters. The van der Waals surface area contributed by atoms with Crippen molar-refractivity contribution >= 4 is 11.9 Å². The topological polar surface area (TPSA) is 78.1 Å². The summed E-state index contributed by atoms with van der Waals surface area (Å²) in [6.45, 7) is 0. The lowest BCUT2D eigenvalue weighted by Crippen LogP contribution is -2.36. The van der Waals surface area contributed by atoms with Crippen molar-refractivity contribution < 1.29 is 14.3 Å². The maximum Gasteiger partial charge on any atom is 0.341 e. The van der Waals surface area contributed by atoms with E-state index in [0.717, 1.165) is 6.20 Å². The van der Waals surface area contributed by atoms with Gasteiger partial charge in [0.15, 0.2) is 0 Å². The van der Waals surface area contributed by atoms with Gasteiger partial charge in [-0.2, -0.15) is 0 Å². The van der Waals surface area contributed by atoms with Crippen LogP contribution < -0.4 is 5.43 Å². The fraction of sp³-hybridized carbons (Fsp3) is 0.235. The highest BCUT2D eigenvalue weighted by Crippen LogP contribution is 2.17. The molecular weight excluding hydrogens is 327 g/mol. The van der Waals surface area contributed by atoms with Crippen molar-refractivity contribution in [3.8, 4) is 11.1 Å². The van der Waals surface area contributed by atoms with Gasteiger partial charge in [0, 0.05) is 46.1 Å². The van der Waals surface area contributed by atoms with Crippen LogP contribution >= 0.6 is 0 Å². The molecule has 0 amide bonds. The average molecular weight is 346 g/mol. The number of guanidine groups is 1. The molecule has 0 radical (unpaired) electrons. The molecule has 0 spiro atoms. The van der Waals surface area contributed by atoms with Crippen LogP contribution in [0.3, 0.4) is 0 Å². The van der Waals surface area contributed by atoms with E-state index < -0.39 is 22.8 Å². The Labute approximate surface area is 144 Å². The predicted octanol–water partition coefficient (Wildman–Crippen LogP) is 1.59. The molecule has 2 aromatic rings. The Hall–Kier alpha value is -3.16. The lowest BCUT2D eigenvalue weighted by Gasteiger charge is -2.22. The number of carboxylic acid groups (broad SMARTS) is 1. The molecule has 0 fully saturated rings. The van der Waals surface area contributed by atoms with E-state index in [-0.39, 0.29) is 5.56 Å². The summed E-state index contributed by atoms with van der Waals surface area (Å²) in [5.41, 5.74) is -0.528. The van der Waals surface area contributed by atoms with E-state index in [9.17, 15) is 19.1 Å². The van der Waals surface area contributed by atoms with Crippen LogP contribution in [0.25, 0.3) is 11.1 Å². The second-order valence-corrected chi connectivity index (χ2v) is 5.80. The van der Waals surface area contributed by atoms with E-state index in [1.54, 1.807) is 38.0 Å². The van der Waals surface area contributed by atoms with Gasteiger partial charge in [0.25, 0.3) is 0 Å². The van der Waals surface area contributed by atoms with E-state index in [2.05, 4.69) is 5.10 Å². The maximum atomic E-state index is 13.1. The number of hydrogen-bond acceptors (Lipinski definition) is 3. The van der Waals surface area contributed by atoms with Gasteiger partial charge in [0.05, 0.1) is 0 Å². The van der Waals surface area contributed by atoms with Crippen molar-refractivity contribution in [3.05, 3.63) is 58.3 Å². The van der Waals surface area contributed by atoms with Gasteiger partial charge in [-0.05, 0) is 17.7 Å². The largest absolute Gasteiger partial charge is 0.477 e. The van der Waals surface area contributed by atoms with Gasteiger partial charge in [0.1, 0.15) is 11.4 Å². The molecule has 0 aliphatic heterocycles. The molecule has 7 nitrogen and oxygen atoms in total. The molecule has 0 unspecified atom stereocenters. The van der Waals surface area contributed by atoms with Gasteiger partial charge >= 0.3 is 5.97 Å². The lowest BCUT2D eigenvalue weighted by atomic mass is 10.1. The summed E-state index contributed by atoms with van der Waals surface area (Å²) in [7, 11) is 7.17. The highest BCUT2D eigenvalue weighted by Gasteiger charge is 2.16. The number of carbonyl (C=O) groups is 1. The van der Waals surface area contributed by atoms with Crippen LogP contribution in [0.4, 0.5) is 4.39 Å². The van der Waals surface area contributed by atoms with Gasteiger partial charge in [-0.25, -0.2) is 13.9 Å². The Balaban J connectivity index is 2.71. The normalized spacial score (nSPS) is 10.3. The molecule has 1 aromatic heterocycles. The second-order valence-electron chi connectivity index (χ2n) is 5.80. The zero-order valence-electron chi connectivity index (χ0n) is 14.4. The third-order valence-electron chi connectivity index (χ3n) is 3.40. The first-order valence-corrected chi connectivity index (χ1v) is 7.40. The van der Waals surface area contributed by atoms with Crippen molar-refractivity contribution in [1.29, 1.82) is 0 Å². The number of rotatable bonds is 3. The lowest BCUT2D eigenvalue weighted by molar-refractivity contribution is 0.0694. The smallest absolute Gasteiger partial charge is 0.341 e. The van der Waals surface area contributed by atoms with E-state index in [0.29, 0.717) is 11.5 Å². The number of pyridine rings is 1. The summed E-state index contributed by atoms with van der Waals surface area (Å²) in [6, 6.07) is 5.26. The highest BCUT2D eigenvalue weighted by atomic mass is 19.1. The average Bonchev–Trinajstić information content (AvgIpc) is 2.53. The molecule has 1 aromatic carbocycles. The van der Waals surface area contributed by atoms with E-state index in [4.69, 9.17) is 0 Å². The van der Waals surface area contributed by atoms with Gasteiger partial charge in [-0.15, -0.1) is 5.10 Å². The van der Waals surface area contributed by atoms with Crippen LogP contribution in [0.5, 0.6) is 0 Å². The van der Waals surface area contributed by atoms with Gasteiger partial charge < -0.3 is 14.9 Å². The standard InChI is InChI=1S/C17H19FN4O3/c1-20(2)17(21(3)4)19-22-9-13(11-5-7-12(18)8-6-11)15(23)14(10-22)16(24)25/h5-10H,1-4H3,(H,24,25). The summed E-state index contributed by atoms with van der Waals surface area (Å²) >= 11 is 0. The van der Waals surface area contributed by atoms with Gasteiger partial charge in [-0.1, -0.05) is 12.1 Å². The molecule has 8 heteroatoms. The molecule has 25 heavy (non-hydrogen) atoms. The fourth-order valence-corrected chi connectivity index (χ4v) is 2.29. The SMILES string of the molecule is CN(C)C(=Nn1cc(C(=O)O)c(=O)c(-c2ccc(F)cc2)c1)N(C)C. The zero-order chi connectivity index (χ0) is 18.7. The molecule has 1 N–H and O–H groups in total. The molecule has 0 aliphatic carbocycles. The van der Waals surface area contributed by atoms with Gasteiger partial charge in [0.2, 0.25) is 11.4 Å². The minimum atomic E-state index is -1.35. The summed E-state index contributed by atoms with van der Waals surface area (Å²) in [4.78, 5) is 27.4. The van der Waals surface area contributed by atoms with Crippen LogP contribution in [0.15, 0.2) is 46.6 Å². The van der Waals surface area contributed by atoms with E-state index in [1.165, 1.54) is 35.1 Å². The number of carboxylic acids is 1. The molecule has 132 valence electrons. The minimum absolute atomic E-state index is 0.125. The first kappa shape index (κ1) is 18.2. The third-order valence-corrected chi connectivity index (χ3v) is 3.40. The third kappa shape index (κ3) is 4.03. The van der Waals surface area contributed by atoms with Crippen molar-refractivity contribution in [1.82, 2.24) is 14.5 Å². The molecule has 0 saturated heterocycles. The van der Waals surface area contributed by atoms with Crippen LogP contribution in [0.2, 0.25) is 0 Å². The number of benzene rings is 1. The van der Waals surface area contributed by atoms with Crippen LogP contribution in [-0.4, -0.2) is 59.7 Å². The van der Waals surface area contributed by atoms with Crippen molar-refractivity contribution in [2.24, 2.45) is 5.10 Å². The Morgan fingerprint density at radius 2 is 1.64 bits per heavy atom. The molecule has 1 heterocycles. The minimum Gasteiger partial charge on any atom is -0.477 e. The number of halogens is 1. The molecule has 0 bridgehead atoms. The molecule has 2 rings (SSSR count). The fourth-order valence-electron chi connectivity index (χ4n) is 2.29. The van der Waals surface area contributed by atoms with Crippen LogP contribution in [0.1, 0.15) is 10.4 Å². The van der Waals surface area contributed by atoms with Crippen LogP contribution in [-0.2, 0) is 0 Å². The summed E-state index contributed by atoms with van der Waals surface area (Å²) in [5, 5.41) is 13.7. The van der Waals surface area contributed by atoms with Gasteiger partial charge in [-0.3, -0.25) is 4.79 Å². The first-order valence-electron chi connectivity index (χ1n) is 7.40. The Morgan fingerprint density at radius 1 is 1.08 bits per heavy atom. The quantitative estimate of drug-likeness (QED) is 0.675. The Morgan fingerprint density at radius 3 is 2.12 bits per heavy atom. The molecule has 0 aliphatic rings. The molecular formula is C17H19FN4O3. The predicted molar refractivity (Wildman–Crippen MR) is 93.3 cm³/mol. The number of hydrogen-bond donors (Lipinski definition) is 1. The number of aromatic nitrogens is 1. The molecule has 0 saturated carbocycles. The van der Waals surface area contributed by atoms with E-state index in [1.807, 2.05) is 0 Å². The number of nitrogens with zero attached hydrogens (tertiary/aromatic N) is 4. The Kier molecular flexibility index (Phi) is 5.21. The van der Waals surface area contributed by atoms with Crippen molar-refractivity contribution in [2.45, 2.75) is 0 Å². The number of aromatic carboxylic acids is 1.